The minimum absolute atomic E-state index is 0.0247. The number of para-hydroxylation sites is 1. The monoisotopic (exact) mass is 377 g/mol. The Balaban J connectivity index is 1.59. The molecule has 4 rings (SSSR count). The SMILES string of the molecule is O=C(Nc1ccccc1)Nc1cnc2ccc(C(=O)N3CCCC3)cn2c1=O. The van der Waals surface area contributed by atoms with Crippen molar-refractivity contribution in [1.82, 2.24) is 14.3 Å². The minimum atomic E-state index is -0.547. The van der Waals surface area contributed by atoms with Crippen LogP contribution in [0.25, 0.3) is 5.65 Å². The first-order valence-corrected chi connectivity index (χ1v) is 9.05. The van der Waals surface area contributed by atoms with Crippen molar-refractivity contribution < 1.29 is 9.59 Å². The van der Waals surface area contributed by atoms with E-state index in [-0.39, 0.29) is 11.6 Å². The van der Waals surface area contributed by atoms with Crippen molar-refractivity contribution in [2.24, 2.45) is 0 Å². The van der Waals surface area contributed by atoms with E-state index in [1.54, 1.807) is 41.3 Å². The quantitative estimate of drug-likeness (QED) is 0.733. The number of urea groups is 1. The Morgan fingerprint density at radius 1 is 0.964 bits per heavy atom. The van der Waals surface area contributed by atoms with E-state index >= 15 is 0 Å². The fourth-order valence-electron chi connectivity index (χ4n) is 3.20. The first kappa shape index (κ1) is 17.7. The molecule has 3 heterocycles. The third-order valence-corrected chi connectivity index (χ3v) is 4.62. The number of hydrogen-bond acceptors (Lipinski definition) is 4. The third kappa shape index (κ3) is 3.57. The lowest BCUT2D eigenvalue weighted by Crippen LogP contribution is -2.29. The summed E-state index contributed by atoms with van der Waals surface area (Å²) >= 11 is 0. The van der Waals surface area contributed by atoms with Gasteiger partial charge in [0, 0.05) is 25.0 Å². The number of fused-ring (bicyclic) bond motifs is 1. The molecule has 8 nitrogen and oxygen atoms in total. The van der Waals surface area contributed by atoms with Gasteiger partial charge in [-0.15, -0.1) is 0 Å². The lowest BCUT2D eigenvalue weighted by Gasteiger charge is -2.15. The molecule has 28 heavy (non-hydrogen) atoms. The van der Waals surface area contributed by atoms with Gasteiger partial charge in [-0.3, -0.25) is 14.0 Å². The Kier molecular flexibility index (Phi) is 4.76. The van der Waals surface area contributed by atoms with E-state index in [1.165, 1.54) is 16.8 Å². The number of likely N-dealkylation sites (tertiary alicyclic amines) is 1. The number of amides is 3. The first-order valence-electron chi connectivity index (χ1n) is 9.05. The van der Waals surface area contributed by atoms with Gasteiger partial charge >= 0.3 is 6.03 Å². The van der Waals surface area contributed by atoms with Gasteiger partial charge in [0.25, 0.3) is 11.5 Å². The highest BCUT2D eigenvalue weighted by Gasteiger charge is 2.20. The van der Waals surface area contributed by atoms with Crippen LogP contribution in [0.1, 0.15) is 23.2 Å². The highest BCUT2D eigenvalue weighted by Crippen LogP contribution is 2.14. The Morgan fingerprint density at radius 3 is 2.46 bits per heavy atom. The van der Waals surface area contributed by atoms with E-state index in [0.717, 1.165) is 25.9 Å². The van der Waals surface area contributed by atoms with Gasteiger partial charge in [0.1, 0.15) is 11.3 Å². The molecule has 0 radical (unpaired) electrons. The second-order valence-electron chi connectivity index (χ2n) is 6.57. The summed E-state index contributed by atoms with van der Waals surface area (Å²) in [6, 6.07) is 11.6. The molecule has 0 aliphatic carbocycles. The molecule has 2 aromatic heterocycles. The van der Waals surface area contributed by atoms with Crippen LogP contribution in [0.4, 0.5) is 16.2 Å². The van der Waals surface area contributed by atoms with Crippen molar-refractivity contribution in [2.45, 2.75) is 12.8 Å². The van der Waals surface area contributed by atoms with Crippen molar-refractivity contribution in [3.8, 4) is 0 Å². The maximum atomic E-state index is 12.8. The molecule has 0 atom stereocenters. The van der Waals surface area contributed by atoms with Crippen molar-refractivity contribution in [2.75, 3.05) is 23.7 Å². The van der Waals surface area contributed by atoms with Crippen LogP contribution in [0.3, 0.4) is 0 Å². The van der Waals surface area contributed by atoms with Gasteiger partial charge in [0.2, 0.25) is 0 Å². The number of rotatable bonds is 3. The van der Waals surface area contributed by atoms with Gasteiger partial charge in [-0.1, -0.05) is 18.2 Å². The van der Waals surface area contributed by atoms with E-state index < -0.39 is 11.6 Å². The molecule has 3 aromatic rings. The van der Waals surface area contributed by atoms with E-state index in [1.807, 2.05) is 6.07 Å². The highest BCUT2D eigenvalue weighted by atomic mass is 16.2. The zero-order valence-electron chi connectivity index (χ0n) is 15.1. The van der Waals surface area contributed by atoms with Crippen molar-refractivity contribution >= 4 is 29.0 Å². The summed E-state index contributed by atoms with van der Waals surface area (Å²) in [6.07, 6.45) is 4.77. The van der Waals surface area contributed by atoms with Crippen LogP contribution < -0.4 is 16.2 Å². The van der Waals surface area contributed by atoms with Crippen molar-refractivity contribution in [3.05, 3.63) is 70.8 Å². The summed E-state index contributed by atoms with van der Waals surface area (Å²) in [5.41, 5.74) is 0.995. The second kappa shape index (κ2) is 7.51. The second-order valence-corrected chi connectivity index (χ2v) is 6.57. The van der Waals surface area contributed by atoms with Gasteiger partial charge in [-0.2, -0.15) is 0 Å². The van der Waals surface area contributed by atoms with Gasteiger partial charge in [0.15, 0.2) is 0 Å². The molecule has 0 bridgehead atoms. The molecule has 1 fully saturated rings. The van der Waals surface area contributed by atoms with Gasteiger partial charge < -0.3 is 15.5 Å². The van der Waals surface area contributed by atoms with Crippen LogP contribution in [0.2, 0.25) is 0 Å². The largest absolute Gasteiger partial charge is 0.339 e. The average molecular weight is 377 g/mol. The van der Waals surface area contributed by atoms with Crippen molar-refractivity contribution in [3.63, 3.8) is 0 Å². The molecule has 1 aromatic carbocycles. The van der Waals surface area contributed by atoms with Crippen LogP contribution in [-0.2, 0) is 0 Å². The van der Waals surface area contributed by atoms with E-state index in [9.17, 15) is 14.4 Å². The molecule has 1 aliphatic rings. The van der Waals surface area contributed by atoms with Crippen LogP contribution in [0.15, 0.2) is 59.7 Å². The number of nitrogens with one attached hydrogen (secondary N) is 2. The highest BCUT2D eigenvalue weighted by molar-refractivity contribution is 5.99. The molecule has 3 amide bonds. The summed E-state index contributed by atoms with van der Waals surface area (Å²) in [6.45, 7) is 1.45. The maximum Gasteiger partial charge on any atom is 0.323 e. The summed E-state index contributed by atoms with van der Waals surface area (Å²) in [5.74, 6) is -0.105. The number of nitrogens with zero attached hydrogens (tertiary/aromatic N) is 3. The summed E-state index contributed by atoms with van der Waals surface area (Å²) in [5, 5.41) is 5.16. The molecule has 1 saturated heterocycles. The van der Waals surface area contributed by atoms with Gasteiger partial charge in [0.05, 0.1) is 11.8 Å². The van der Waals surface area contributed by atoms with Gasteiger partial charge in [-0.25, -0.2) is 9.78 Å². The van der Waals surface area contributed by atoms with Crippen LogP contribution in [-0.4, -0.2) is 39.3 Å². The summed E-state index contributed by atoms with van der Waals surface area (Å²) in [7, 11) is 0. The number of pyridine rings is 1. The zero-order chi connectivity index (χ0) is 19.5. The Labute approximate surface area is 160 Å². The molecular formula is C20H19N5O3. The van der Waals surface area contributed by atoms with E-state index in [4.69, 9.17) is 0 Å². The maximum absolute atomic E-state index is 12.8. The molecule has 0 spiro atoms. The van der Waals surface area contributed by atoms with Crippen LogP contribution >= 0.6 is 0 Å². The topological polar surface area (TPSA) is 95.8 Å². The fourth-order valence-corrected chi connectivity index (χ4v) is 3.20. The molecule has 142 valence electrons. The first-order chi connectivity index (χ1) is 13.6. The number of hydrogen-bond donors (Lipinski definition) is 2. The fraction of sp³-hybridized carbons (Fsp3) is 0.200. The normalized spacial score (nSPS) is 13.5. The van der Waals surface area contributed by atoms with Crippen molar-refractivity contribution in [1.29, 1.82) is 0 Å². The predicted molar refractivity (Wildman–Crippen MR) is 106 cm³/mol. The number of aromatic nitrogens is 2. The average Bonchev–Trinajstić information content (AvgIpc) is 3.25. The standard InChI is InChI=1S/C20H19N5O3/c26-18(24-10-4-5-11-24)14-8-9-17-21-12-16(19(27)25(17)13-14)23-20(28)22-15-6-2-1-3-7-15/h1-3,6-9,12-13H,4-5,10-11H2,(H2,22,23,28). The molecule has 0 saturated carbocycles. The number of carbonyl (C=O) groups excluding carboxylic acids is 2. The lowest BCUT2D eigenvalue weighted by atomic mass is 10.2. The minimum Gasteiger partial charge on any atom is -0.339 e. The number of benzene rings is 1. The molecule has 2 N–H and O–H groups in total. The molecule has 1 aliphatic heterocycles. The molecule has 8 heteroatoms. The predicted octanol–water partition coefficient (Wildman–Crippen LogP) is 2.57. The lowest BCUT2D eigenvalue weighted by molar-refractivity contribution is 0.0792. The van der Waals surface area contributed by atoms with Crippen LogP contribution in [0, 0.1) is 0 Å². The number of anilines is 2. The van der Waals surface area contributed by atoms with Crippen LogP contribution in [0.5, 0.6) is 0 Å². The third-order valence-electron chi connectivity index (χ3n) is 4.62. The molecule has 0 unspecified atom stereocenters. The van der Waals surface area contributed by atoms with Gasteiger partial charge in [-0.05, 0) is 37.1 Å². The zero-order valence-corrected chi connectivity index (χ0v) is 15.1. The smallest absolute Gasteiger partial charge is 0.323 e. The summed E-state index contributed by atoms with van der Waals surface area (Å²) in [4.78, 5) is 43.5. The Hall–Kier alpha value is -3.68. The summed E-state index contributed by atoms with van der Waals surface area (Å²) < 4.78 is 1.28. The number of carbonyl (C=O) groups is 2. The Morgan fingerprint density at radius 2 is 1.71 bits per heavy atom. The molecular weight excluding hydrogens is 358 g/mol. The Bertz CT molecular complexity index is 1090. The van der Waals surface area contributed by atoms with E-state index in [2.05, 4.69) is 15.6 Å². The van der Waals surface area contributed by atoms with E-state index in [0.29, 0.717) is 16.9 Å².